The van der Waals surface area contributed by atoms with Crippen molar-refractivity contribution in [2.24, 2.45) is 0 Å². The molecule has 0 aromatic heterocycles. The fourth-order valence-electron chi connectivity index (χ4n) is 9.45. The van der Waals surface area contributed by atoms with E-state index in [0.717, 1.165) is 77.0 Å². The van der Waals surface area contributed by atoms with E-state index < -0.39 is 6.10 Å². The number of carbonyl (C=O) groups is 3. The lowest BCUT2D eigenvalue weighted by atomic mass is 10.0. The first-order valence-electron chi connectivity index (χ1n) is 32.1. The molecule has 73 heavy (non-hydrogen) atoms. The van der Waals surface area contributed by atoms with E-state index in [0.29, 0.717) is 19.3 Å². The highest BCUT2D eigenvalue weighted by Gasteiger charge is 2.19. The van der Waals surface area contributed by atoms with Crippen molar-refractivity contribution in [3.63, 3.8) is 0 Å². The van der Waals surface area contributed by atoms with Crippen molar-refractivity contribution < 1.29 is 28.6 Å². The van der Waals surface area contributed by atoms with Crippen LogP contribution in [-0.2, 0) is 28.6 Å². The average Bonchev–Trinajstić information content (AvgIpc) is 3.39. The Bertz CT molecular complexity index is 1270. The lowest BCUT2D eigenvalue weighted by Crippen LogP contribution is -2.30. The standard InChI is InChI=1S/C67H122O6/c1-4-7-10-13-16-19-22-25-27-29-31-32-33-34-35-36-37-39-40-42-45-48-51-54-57-60-66(69)72-63-64(62-71-65(68)59-56-53-50-47-44-24-21-18-15-12-9-6-3)73-67(70)61-58-55-52-49-46-43-41-38-30-28-26-23-20-17-14-11-8-5-2/h18,21-22,25,29,31,33-34,64H,4-17,19-20,23-24,26-28,30,32,35-63H2,1-3H3/b21-18-,25-22-,31-29-,34-33-. The van der Waals surface area contributed by atoms with E-state index in [4.69, 9.17) is 14.2 Å². The third-order valence-electron chi connectivity index (χ3n) is 14.3. The Labute approximate surface area is 454 Å². The molecule has 0 fully saturated rings. The molecule has 0 saturated heterocycles. The van der Waals surface area contributed by atoms with E-state index >= 15 is 0 Å². The predicted octanol–water partition coefficient (Wildman–Crippen LogP) is 21.8. The molecule has 6 heteroatoms. The van der Waals surface area contributed by atoms with Gasteiger partial charge in [0.05, 0.1) is 0 Å². The number of allylic oxidation sites excluding steroid dienone is 8. The maximum Gasteiger partial charge on any atom is 0.306 e. The first-order valence-corrected chi connectivity index (χ1v) is 32.1. The fraction of sp³-hybridized carbons (Fsp3) is 0.836. The van der Waals surface area contributed by atoms with Crippen molar-refractivity contribution in [2.45, 2.75) is 348 Å². The minimum atomic E-state index is -0.776. The van der Waals surface area contributed by atoms with Crippen LogP contribution in [-0.4, -0.2) is 37.2 Å². The largest absolute Gasteiger partial charge is 0.462 e. The van der Waals surface area contributed by atoms with Crippen LogP contribution in [0.3, 0.4) is 0 Å². The number of ether oxygens (including phenoxy) is 3. The molecule has 426 valence electrons. The minimum Gasteiger partial charge on any atom is -0.462 e. The zero-order valence-corrected chi connectivity index (χ0v) is 48.9. The summed E-state index contributed by atoms with van der Waals surface area (Å²) in [7, 11) is 0. The molecule has 0 bridgehead atoms. The van der Waals surface area contributed by atoms with Gasteiger partial charge in [0.25, 0.3) is 0 Å². The zero-order valence-electron chi connectivity index (χ0n) is 48.9. The molecule has 0 spiro atoms. The molecule has 0 saturated carbocycles. The second kappa shape index (κ2) is 61.9. The molecule has 6 nitrogen and oxygen atoms in total. The number of hydrogen-bond donors (Lipinski definition) is 0. The van der Waals surface area contributed by atoms with Crippen LogP contribution in [0.2, 0.25) is 0 Å². The molecule has 0 heterocycles. The third kappa shape index (κ3) is 60.1. The van der Waals surface area contributed by atoms with E-state index in [1.54, 1.807) is 0 Å². The zero-order chi connectivity index (χ0) is 52.9. The topological polar surface area (TPSA) is 78.9 Å². The van der Waals surface area contributed by atoms with E-state index in [-0.39, 0.29) is 31.1 Å². The summed E-state index contributed by atoms with van der Waals surface area (Å²) in [4.78, 5) is 38.3. The average molecular weight is 1020 g/mol. The van der Waals surface area contributed by atoms with Crippen LogP contribution in [0, 0.1) is 0 Å². The van der Waals surface area contributed by atoms with E-state index in [1.807, 2.05) is 0 Å². The van der Waals surface area contributed by atoms with Gasteiger partial charge in [-0.15, -0.1) is 0 Å². The normalized spacial score (nSPS) is 12.3. The summed E-state index contributed by atoms with van der Waals surface area (Å²) < 4.78 is 16.9. The van der Waals surface area contributed by atoms with Gasteiger partial charge in [-0.25, -0.2) is 0 Å². The number of unbranched alkanes of at least 4 members (excludes halogenated alkanes) is 40. The molecular formula is C67H122O6. The first kappa shape index (κ1) is 70.4. The van der Waals surface area contributed by atoms with Gasteiger partial charge in [-0.3, -0.25) is 14.4 Å². The van der Waals surface area contributed by atoms with Gasteiger partial charge in [0.1, 0.15) is 13.2 Å². The van der Waals surface area contributed by atoms with Gasteiger partial charge in [0.2, 0.25) is 0 Å². The number of rotatable bonds is 59. The van der Waals surface area contributed by atoms with Gasteiger partial charge in [-0.05, 0) is 83.5 Å². The van der Waals surface area contributed by atoms with Crippen molar-refractivity contribution in [3.8, 4) is 0 Å². The van der Waals surface area contributed by atoms with E-state index in [2.05, 4.69) is 69.4 Å². The Morgan fingerprint density at radius 1 is 0.274 bits per heavy atom. The van der Waals surface area contributed by atoms with Crippen LogP contribution in [0.25, 0.3) is 0 Å². The van der Waals surface area contributed by atoms with Crippen LogP contribution in [0.5, 0.6) is 0 Å². The smallest absolute Gasteiger partial charge is 0.306 e. The highest BCUT2D eigenvalue weighted by atomic mass is 16.6. The fourth-order valence-corrected chi connectivity index (χ4v) is 9.45. The summed E-state index contributed by atoms with van der Waals surface area (Å²) >= 11 is 0. The van der Waals surface area contributed by atoms with Crippen molar-refractivity contribution in [2.75, 3.05) is 13.2 Å². The lowest BCUT2D eigenvalue weighted by Gasteiger charge is -2.18. The number of hydrogen-bond acceptors (Lipinski definition) is 6. The Morgan fingerprint density at radius 2 is 0.493 bits per heavy atom. The lowest BCUT2D eigenvalue weighted by molar-refractivity contribution is -0.167. The van der Waals surface area contributed by atoms with Crippen LogP contribution >= 0.6 is 0 Å². The van der Waals surface area contributed by atoms with Gasteiger partial charge in [0.15, 0.2) is 6.10 Å². The Kier molecular flexibility index (Phi) is 59.7. The summed E-state index contributed by atoms with van der Waals surface area (Å²) in [5.74, 6) is -0.867. The molecule has 0 N–H and O–H groups in total. The van der Waals surface area contributed by atoms with Crippen LogP contribution in [0.15, 0.2) is 48.6 Å². The highest BCUT2D eigenvalue weighted by Crippen LogP contribution is 2.17. The van der Waals surface area contributed by atoms with Crippen molar-refractivity contribution in [3.05, 3.63) is 48.6 Å². The van der Waals surface area contributed by atoms with Gasteiger partial charge < -0.3 is 14.2 Å². The molecular weight excluding hydrogens is 901 g/mol. The maximum absolute atomic E-state index is 12.9. The Hall–Kier alpha value is -2.63. The molecule has 1 unspecified atom stereocenters. The molecule has 0 rings (SSSR count). The molecule has 0 aromatic carbocycles. The molecule has 0 radical (unpaired) electrons. The van der Waals surface area contributed by atoms with Gasteiger partial charge in [-0.2, -0.15) is 0 Å². The van der Waals surface area contributed by atoms with Crippen LogP contribution < -0.4 is 0 Å². The molecule has 1 atom stereocenters. The molecule has 0 aliphatic carbocycles. The second-order valence-electron chi connectivity index (χ2n) is 21.7. The predicted molar refractivity (Wildman–Crippen MR) is 316 cm³/mol. The molecule has 0 amide bonds. The SMILES string of the molecule is CCCCC/C=C\CCCCCCCC(=O)OCC(COC(=O)CCCCCCCCCCCC/C=C\C/C=C\C/C=C\CCCCCCC)OC(=O)CCCCCCCCCCCCCCCCCCCC. The second-order valence-corrected chi connectivity index (χ2v) is 21.7. The Balaban J connectivity index is 4.26. The highest BCUT2D eigenvalue weighted by molar-refractivity contribution is 5.71. The summed E-state index contributed by atoms with van der Waals surface area (Å²) in [6.45, 7) is 6.64. The van der Waals surface area contributed by atoms with Gasteiger partial charge in [-0.1, -0.05) is 288 Å². The third-order valence-corrected chi connectivity index (χ3v) is 14.3. The van der Waals surface area contributed by atoms with Crippen molar-refractivity contribution in [1.82, 2.24) is 0 Å². The number of esters is 3. The van der Waals surface area contributed by atoms with Crippen LogP contribution in [0.4, 0.5) is 0 Å². The van der Waals surface area contributed by atoms with Crippen LogP contribution in [0.1, 0.15) is 342 Å². The van der Waals surface area contributed by atoms with Crippen molar-refractivity contribution >= 4 is 17.9 Å². The molecule has 0 aromatic rings. The summed E-state index contributed by atoms with van der Waals surface area (Å²) in [5, 5.41) is 0. The number of carbonyl (C=O) groups excluding carboxylic acids is 3. The van der Waals surface area contributed by atoms with E-state index in [9.17, 15) is 14.4 Å². The quantitative estimate of drug-likeness (QED) is 0.0261. The Morgan fingerprint density at radius 3 is 0.808 bits per heavy atom. The van der Waals surface area contributed by atoms with E-state index in [1.165, 1.54) is 225 Å². The summed E-state index contributed by atoms with van der Waals surface area (Å²) in [6.07, 6.45) is 76.9. The van der Waals surface area contributed by atoms with Crippen molar-refractivity contribution in [1.29, 1.82) is 0 Å². The van der Waals surface area contributed by atoms with Gasteiger partial charge >= 0.3 is 17.9 Å². The molecule has 0 aliphatic rings. The molecule has 0 aliphatic heterocycles. The summed E-state index contributed by atoms with van der Waals surface area (Å²) in [6, 6.07) is 0. The first-order chi connectivity index (χ1) is 36.0. The minimum absolute atomic E-state index is 0.0743. The maximum atomic E-state index is 12.9. The summed E-state index contributed by atoms with van der Waals surface area (Å²) in [5.41, 5.74) is 0. The monoisotopic (exact) mass is 1020 g/mol. The van der Waals surface area contributed by atoms with Gasteiger partial charge in [0, 0.05) is 19.3 Å².